The van der Waals surface area contributed by atoms with Gasteiger partial charge < -0.3 is 9.84 Å². The summed E-state index contributed by atoms with van der Waals surface area (Å²) >= 11 is 0. The monoisotopic (exact) mass is 285 g/mol. The van der Waals surface area contributed by atoms with Crippen LogP contribution in [0.25, 0.3) is 0 Å². The molecule has 2 aromatic rings. The molecule has 110 valence electrons. The highest BCUT2D eigenvalue weighted by Gasteiger charge is 2.54. The smallest absolute Gasteiger partial charge is 0.234 e. The predicted molar refractivity (Wildman–Crippen MR) is 77.7 cm³/mol. The number of hydrogen-bond acceptors (Lipinski definition) is 4. The van der Waals surface area contributed by atoms with Gasteiger partial charge in [0, 0.05) is 30.4 Å². The molecule has 5 nitrogen and oxygen atoms in total. The van der Waals surface area contributed by atoms with Crippen LogP contribution in [-0.4, -0.2) is 22.1 Å². The van der Waals surface area contributed by atoms with Crippen molar-refractivity contribution in [2.45, 2.75) is 44.6 Å². The molecule has 0 spiro atoms. The van der Waals surface area contributed by atoms with Crippen molar-refractivity contribution in [3.63, 3.8) is 0 Å². The van der Waals surface area contributed by atoms with Crippen molar-refractivity contribution in [2.75, 3.05) is 0 Å². The van der Waals surface area contributed by atoms with Crippen molar-refractivity contribution in [3.8, 4) is 0 Å². The standard InChI is InChI=1S/C16H19N3O2/c1-11(9-13-5-3-4-8-17-13)18-15(20)16(6-7-16)14-10-12(2)19-21-14/h3-5,8,10-11H,6-7,9H2,1-2H3,(H,18,20). The van der Waals surface area contributed by atoms with E-state index in [9.17, 15) is 4.79 Å². The van der Waals surface area contributed by atoms with Gasteiger partial charge >= 0.3 is 0 Å². The van der Waals surface area contributed by atoms with Gasteiger partial charge in [-0.25, -0.2) is 0 Å². The Labute approximate surface area is 123 Å². The van der Waals surface area contributed by atoms with E-state index in [1.807, 2.05) is 38.1 Å². The molecule has 1 aliphatic rings. The predicted octanol–water partition coefficient (Wildman–Crippen LogP) is 2.16. The molecule has 1 atom stereocenters. The second-order valence-electron chi connectivity index (χ2n) is 5.81. The van der Waals surface area contributed by atoms with E-state index in [1.165, 1.54) is 0 Å². The summed E-state index contributed by atoms with van der Waals surface area (Å²) in [6, 6.07) is 7.70. The molecule has 0 saturated heterocycles. The van der Waals surface area contributed by atoms with Crippen molar-refractivity contribution >= 4 is 5.91 Å². The largest absolute Gasteiger partial charge is 0.360 e. The summed E-state index contributed by atoms with van der Waals surface area (Å²) in [4.78, 5) is 16.8. The van der Waals surface area contributed by atoms with Crippen molar-refractivity contribution in [1.82, 2.24) is 15.5 Å². The third kappa shape index (κ3) is 2.82. The first kappa shape index (κ1) is 13.8. The van der Waals surface area contributed by atoms with Crippen LogP contribution >= 0.6 is 0 Å². The fourth-order valence-corrected chi connectivity index (χ4v) is 2.55. The van der Waals surface area contributed by atoms with Crippen LogP contribution in [0, 0.1) is 6.92 Å². The Kier molecular flexibility index (Phi) is 3.49. The maximum atomic E-state index is 12.5. The summed E-state index contributed by atoms with van der Waals surface area (Å²) in [5.74, 6) is 0.713. The maximum absolute atomic E-state index is 12.5. The van der Waals surface area contributed by atoms with Crippen molar-refractivity contribution in [2.24, 2.45) is 0 Å². The van der Waals surface area contributed by atoms with Crippen LogP contribution in [-0.2, 0) is 16.6 Å². The number of nitrogens with one attached hydrogen (secondary N) is 1. The number of rotatable bonds is 5. The van der Waals surface area contributed by atoms with E-state index in [0.29, 0.717) is 5.76 Å². The maximum Gasteiger partial charge on any atom is 0.234 e. The number of carbonyl (C=O) groups is 1. The quantitative estimate of drug-likeness (QED) is 0.914. The highest BCUT2D eigenvalue weighted by molar-refractivity contribution is 5.90. The van der Waals surface area contributed by atoms with Gasteiger partial charge in [0.2, 0.25) is 5.91 Å². The normalized spacial score (nSPS) is 17.2. The lowest BCUT2D eigenvalue weighted by atomic mass is 10.0. The second kappa shape index (κ2) is 5.31. The molecule has 21 heavy (non-hydrogen) atoms. The summed E-state index contributed by atoms with van der Waals surface area (Å²) < 4.78 is 5.29. The molecule has 1 N–H and O–H groups in total. The molecule has 2 aromatic heterocycles. The Morgan fingerprint density at radius 3 is 2.86 bits per heavy atom. The second-order valence-corrected chi connectivity index (χ2v) is 5.81. The Balaban J connectivity index is 1.64. The molecule has 0 bridgehead atoms. The number of amides is 1. The third-order valence-electron chi connectivity index (χ3n) is 3.90. The highest BCUT2D eigenvalue weighted by atomic mass is 16.5. The minimum Gasteiger partial charge on any atom is -0.360 e. The highest BCUT2D eigenvalue weighted by Crippen LogP contribution is 2.48. The molecule has 0 aromatic carbocycles. The lowest BCUT2D eigenvalue weighted by molar-refractivity contribution is -0.124. The van der Waals surface area contributed by atoms with Crippen LogP contribution in [0.1, 0.15) is 36.9 Å². The third-order valence-corrected chi connectivity index (χ3v) is 3.90. The molecular weight excluding hydrogens is 266 g/mol. The molecule has 5 heteroatoms. The summed E-state index contributed by atoms with van der Waals surface area (Å²) in [6.07, 6.45) is 4.13. The SMILES string of the molecule is Cc1cc(C2(C(=O)NC(C)Cc3ccccn3)CC2)on1. The lowest BCUT2D eigenvalue weighted by Crippen LogP contribution is -2.41. The Hall–Kier alpha value is -2.17. The van der Waals surface area contributed by atoms with Gasteiger partial charge in [-0.05, 0) is 38.8 Å². The minimum atomic E-state index is -0.500. The van der Waals surface area contributed by atoms with Gasteiger partial charge in [0.1, 0.15) is 5.41 Å². The van der Waals surface area contributed by atoms with Gasteiger partial charge in [-0.1, -0.05) is 11.2 Å². The van der Waals surface area contributed by atoms with Gasteiger partial charge in [-0.15, -0.1) is 0 Å². The first-order chi connectivity index (χ1) is 10.1. The van der Waals surface area contributed by atoms with Crippen molar-refractivity contribution in [1.29, 1.82) is 0 Å². The van der Waals surface area contributed by atoms with Crippen LogP contribution in [0.3, 0.4) is 0 Å². The van der Waals surface area contributed by atoms with E-state index in [2.05, 4.69) is 15.5 Å². The molecule has 0 aliphatic heterocycles. The number of pyridine rings is 1. The van der Waals surface area contributed by atoms with E-state index in [4.69, 9.17) is 4.52 Å². The van der Waals surface area contributed by atoms with Crippen molar-refractivity contribution < 1.29 is 9.32 Å². The van der Waals surface area contributed by atoms with Gasteiger partial charge in [0.05, 0.1) is 5.69 Å². The Morgan fingerprint density at radius 1 is 1.48 bits per heavy atom. The van der Waals surface area contributed by atoms with Gasteiger partial charge in [0.25, 0.3) is 0 Å². The molecular formula is C16H19N3O2. The zero-order chi connectivity index (χ0) is 14.9. The molecule has 2 heterocycles. The average Bonchev–Trinajstić information content (AvgIpc) is 3.16. The molecule has 0 radical (unpaired) electrons. The summed E-state index contributed by atoms with van der Waals surface area (Å²) in [6.45, 7) is 3.86. The number of hydrogen-bond donors (Lipinski definition) is 1. The van der Waals surface area contributed by atoms with Crippen LogP contribution in [0.5, 0.6) is 0 Å². The number of aromatic nitrogens is 2. The fraction of sp³-hybridized carbons (Fsp3) is 0.438. The lowest BCUT2D eigenvalue weighted by Gasteiger charge is -2.17. The minimum absolute atomic E-state index is 0.0297. The first-order valence-corrected chi connectivity index (χ1v) is 7.25. The van der Waals surface area contributed by atoms with E-state index < -0.39 is 5.41 Å². The fourth-order valence-electron chi connectivity index (χ4n) is 2.55. The van der Waals surface area contributed by atoms with E-state index >= 15 is 0 Å². The summed E-state index contributed by atoms with van der Waals surface area (Å²) in [5.41, 5.74) is 1.29. The van der Waals surface area contributed by atoms with Crippen LogP contribution in [0.15, 0.2) is 35.0 Å². The number of carbonyl (C=O) groups excluding carboxylic acids is 1. The number of nitrogens with zero attached hydrogens (tertiary/aromatic N) is 2. The molecule has 1 amide bonds. The zero-order valence-corrected chi connectivity index (χ0v) is 12.3. The first-order valence-electron chi connectivity index (χ1n) is 7.25. The Bertz CT molecular complexity index is 632. The molecule has 1 unspecified atom stereocenters. The van der Waals surface area contributed by atoms with E-state index in [-0.39, 0.29) is 11.9 Å². The molecule has 1 aliphatic carbocycles. The summed E-state index contributed by atoms with van der Waals surface area (Å²) in [7, 11) is 0. The van der Waals surface area contributed by atoms with Crippen LogP contribution in [0.4, 0.5) is 0 Å². The van der Waals surface area contributed by atoms with Gasteiger partial charge in [-0.3, -0.25) is 9.78 Å². The van der Waals surface area contributed by atoms with Crippen LogP contribution in [0.2, 0.25) is 0 Å². The average molecular weight is 285 g/mol. The van der Waals surface area contributed by atoms with Crippen LogP contribution < -0.4 is 5.32 Å². The Morgan fingerprint density at radius 2 is 2.29 bits per heavy atom. The topological polar surface area (TPSA) is 68.0 Å². The van der Waals surface area contributed by atoms with Gasteiger partial charge in [-0.2, -0.15) is 0 Å². The van der Waals surface area contributed by atoms with Crippen molar-refractivity contribution in [3.05, 3.63) is 47.6 Å². The molecule has 1 fully saturated rings. The van der Waals surface area contributed by atoms with E-state index in [0.717, 1.165) is 30.7 Å². The number of aryl methyl sites for hydroxylation is 1. The zero-order valence-electron chi connectivity index (χ0n) is 12.3. The molecule has 3 rings (SSSR count). The summed E-state index contributed by atoms with van der Waals surface area (Å²) in [5, 5.41) is 6.96. The van der Waals surface area contributed by atoms with E-state index in [1.54, 1.807) is 6.20 Å². The van der Waals surface area contributed by atoms with Gasteiger partial charge in [0.15, 0.2) is 5.76 Å². The molecule has 1 saturated carbocycles.